The monoisotopic (exact) mass is 253 g/mol. The third-order valence-corrected chi connectivity index (χ3v) is 3.52. The molecule has 0 aromatic heterocycles. The molecule has 2 rings (SSSR count). The van der Waals surface area contributed by atoms with Crippen LogP contribution in [0.15, 0.2) is 18.2 Å². The molecule has 1 saturated heterocycles. The fourth-order valence-electron chi connectivity index (χ4n) is 2.56. The third-order valence-electron chi connectivity index (χ3n) is 3.52. The summed E-state index contributed by atoms with van der Waals surface area (Å²) in [6.07, 6.45) is 2.11. The van der Waals surface area contributed by atoms with Gasteiger partial charge in [0, 0.05) is 30.2 Å². The topological polar surface area (TPSA) is 30.5 Å². The fourth-order valence-corrected chi connectivity index (χ4v) is 2.56. The summed E-state index contributed by atoms with van der Waals surface area (Å²) in [5, 5.41) is 3.21. The largest absolute Gasteiger partial charge is 0.497 e. The van der Waals surface area contributed by atoms with Crippen molar-refractivity contribution >= 4 is 0 Å². The molecule has 1 aromatic rings. The molecule has 4 heteroatoms. The van der Waals surface area contributed by atoms with E-state index in [-0.39, 0.29) is 11.9 Å². The Morgan fingerprint density at radius 2 is 2.33 bits per heavy atom. The van der Waals surface area contributed by atoms with Gasteiger partial charge in [-0.15, -0.1) is 0 Å². The minimum atomic E-state index is -0.223. The van der Waals surface area contributed by atoms with Crippen LogP contribution in [0, 0.1) is 11.7 Å². The van der Waals surface area contributed by atoms with Crippen molar-refractivity contribution in [1.82, 2.24) is 5.32 Å². The van der Waals surface area contributed by atoms with E-state index in [2.05, 4.69) is 5.32 Å². The van der Waals surface area contributed by atoms with Gasteiger partial charge in [-0.2, -0.15) is 0 Å². The molecule has 0 radical (unpaired) electrons. The van der Waals surface area contributed by atoms with Gasteiger partial charge in [0.05, 0.1) is 13.7 Å². The third kappa shape index (κ3) is 2.82. The first-order valence-corrected chi connectivity index (χ1v) is 6.34. The molecule has 0 amide bonds. The van der Waals surface area contributed by atoms with Crippen molar-refractivity contribution in [2.45, 2.75) is 18.9 Å². The van der Waals surface area contributed by atoms with Gasteiger partial charge in [0.15, 0.2) is 0 Å². The summed E-state index contributed by atoms with van der Waals surface area (Å²) in [4.78, 5) is 0. The average molecular weight is 253 g/mol. The van der Waals surface area contributed by atoms with Gasteiger partial charge in [0.1, 0.15) is 11.6 Å². The number of methoxy groups -OCH3 is 1. The van der Waals surface area contributed by atoms with Crippen LogP contribution >= 0.6 is 0 Å². The summed E-state index contributed by atoms with van der Waals surface area (Å²) in [5.74, 6) is 0.650. The molecule has 1 N–H and O–H groups in total. The Morgan fingerprint density at radius 3 is 2.89 bits per heavy atom. The number of halogens is 1. The molecule has 2 unspecified atom stereocenters. The van der Waals surface area contributed by atoms with E-state index in [0.29, 0.717) is 23.8 Å². The van der Waals surface area contributed by atoms with Gasteiger partial charge in [-0.3, -0.25) is 0 Å². The second kappa shape index (κ2) is 6.16. The average Bonchev–Trinajstić information content (AvgIpc) is 2.42. The minimum Gasteiger partial charge on any atom is -0.497 e. The van der Waals surface area contributed by atoms with Crippen LogP contribution in [0.1, 0.15) is 24.4 Å². The number of rotatable bonds is 4. The van der Waals surface area contributed by atoms with Gasteiger partial charge in [-0.05, 0) is 26.0 Å². The normalized spacial score (nSPS) is 21.6. The van der Waals surface area contributed by atoms with Crippen molar-refractivity contribution in [1.29, 1.82) is 0 Å². The first kappa shape index (κ1) is 13.3. The molecule has 1 aromatic carbocycles. The van der Waals surface area contributed by atoms with Crippen LogP contribution in [0.2, 0.25) is 0 Å². The lowest BCUT2D eigenvalue weighted by Gasteiger charge is -2.30. The Hall–Kier alpha value is -1.13. The van der Waals surface area contributed by atoms with Crippen molar-refractivity contribution in [2.75, 3.05) is 27.4 Å². The maximum Gasteiger partial charge on any atom is 0.131 e. The van der Waals surface area contributed by atoms with Gasteiger partial charge in [0.25, 0.3) is 0 Å². The van der Waals surface area contributed by atoms with Crippen molar-refractivity contribution in [3.63, 3.8) is 0 Å². The highest BCUT2D eigenvalue weighted by atomic mass is 19.1. The van der Waals surface area contributed by atoms with E-state index in [1.807, 2.05) is 7.05 Å². The van der Waals surface area contributed by atoms with Crippen LogP contribution < -0.4 is 10.1 Å². The lowest BCUT2D eigenvalue weighted by molar-refractivity contribution is 0.0397. The number of hydrogen-bond acceptors (Lipinski definition) is 3. The van der Waals surface area contributed by atoms with E-state index in [9.17, 15) is 4.39 Å². The summed E-state index contributed by atoms with van der Waals surface area (Å²) in [6.45, 7) is 1.51. The summed E-state index contributed by atoms with van der Waals surface area (Å²) in [7, 11) is 3.40. The van der Waals surface area contributed by atoms with Gasteiger partial charge < -0.3 is 14.8 Å². The summed E-state index contributed by atoms with van der Waals surface area (Å²) in [6, 6.07) is 5.02. The predicted molar refractivity (Wildman–Crippen MR) is 68.3 cm³/mol. The maximum atomic E-state index is 14.1. The summed E-state index contributed by atoms with van der Waals surface area (Å²) in [5.41, 5.74) is 0.689. The molecule has 18 heavy (non-hydrogen) atoms. The molecule has 1 heterocycles. The van der Waals surface area contributed by atoms with E-state index in [1.54, 1.807) is 19.2 Å². The Bertz CT molecular complexity index is 391. The molecule has 100 valence electrons. The van der Waals surface area contributed by atoms with Crippen molar-refractivity contribution in [3.05, 3.63) is 29.6 Å². The van der Waals surface area contributed by atoms with Gasteiger partial charge >= 0.3 is 0 Å². The molecular weight excluding hydrogens is 233 g/mol. The van der Waals surface area contributed by atoms with Crippen LogP contribution in [0.3, 0.4) is 0 Å². The molecule has 1 aliphatic rings. The summed E-state index contributed by atoms with van der Waals surface area (Å²) < 4.78 is 24.6. The highest BCUT2D eigenvalue weighted by Gasteiger charge is 2.26. The molecule has 3 nitrogen and oxygen atoms in total. The minimum absolute atomic E-state index is 0.00351. The smallest absolute Gasteiger partial charge is 0.131 e. The van der Waals surface area contributed by atoms with E-state index in [4.69, 9.17) is 9.47 Å². The zero-order valence-corrected chi connectivity index (χ0v) is 10.9. The Balaban J connectivity index is 2.20. The molecule has 1 fully saturated rings. The lowest BCUT2D eigenvalue weighted by atomic mass is 9.88. The van der Waals surface area contributed by atoms with Gasteiger partial charge in [0.2, 0.25) is 0 Å². The fraction of sp³-hybridized carbons (Fsp3) is 0.571. The quantitative estimate of drug-likeness (QED) is 0.894. The first-order valence-electron chi connectivity index (χ1n) is 6.34. The van der Waals surface area contributed by atoms with E-state index < -0.39 is 0 Å². The van der Waals surface area contributed by atoms with Crippen molar-refractivity contribution < 1.29 is 13.9 Å². The molecule has 0 spiro atoms. The molecular formula is C14H20FNO2. The lowest BCUT2D eigenvalue weighted by Crippen LogP contribution is -2.32. The highest BCUT2D eigenvalue weighted by Crippen LogP contribution is 2.31. The molecule has 0 saturated carbocycles. The van der Waals surface area contributed by atoms with Crippen molar-refractivity contribution in [2.24, 2.45) is 5.92 Å². The molecule has 1 aliphatic heterocycles. The van der Waals surface area contributed by atoms with E-state index >= 15 is 0 Å². The number of benzene rings is 1. The molecule has 2 atom stereocenters. The Morgan fingerprint density at radius 1 is 1.50 bits per heavy atom. The standard InChI is InChI=1S/C14H20FNO2/c1-16-14(10-4-3-7-18-9-10)12-6-5-11(17-2)8-13(12)15/h5-6,8,10,14,16H,3-4,7,9H2,1-2H3. The first-order chi connectivity index (χ1) is 8.76. The molecule has 0 aliphatic carbocycles. The number of hydrogen-bond donors (Lipinski definition) is 1. The number of nitrogens with one attached hydrogen (secondary N) is 1. The predicted octanol–water partition coefficient (Wildman–Crippen LogP) is 2.52. The zero-order chi connectivity index (χ0) is 13.0. The SMILES string of the molecule is CNC(c1ccc(OC)cc1F)C1CCCOC1. The van der Waals surface area contributed by atoms with Crippen LogP contribution in [0.5, 0.6) is 5.75 Å². The number of ether oxygens (including phenoxy) is 2. The summed E-state index contributed by atoms with van der Waals surface area (Å²) >= 11 is 0. The highest BCUT2D eigenvalue weighted by molar-refractivity contribution is 5.31. The van der Waals surface area contributed by atoms with Gasteiger partial charge in [-0.25, -0.2) is 4.39 Å². The maximum absolute atomic E-state index is 14.1. The van der Waals surface area contributed by atoms with Crippen LogP contribution in [-0.4, -0.2) is 27.4 Å². The van der Waals surface area contributed by atoms with E-state index in [0.717, 1.165) is 19.4 Å². The zero-order valence-electron chi connectivity index (χ0n) is 10.9. The molecule has 0 bridgehead atoms. The van der Waals surface area contributed by atoms with Crippen LogP contribution in [-0.2, 0) is 4.74 Å². The Kier molecular flexibility index (Phi) is 4.55. The van der Waals surface area contributed by atoms with Crippen LogP contribution in [0.4, 0.5) is 4.39 Å². The van der Waals surface area contributed by atoms with Crippen molar-refractivity contribution in [3.8, 4) is 5.75 Å². The second-order valence-electron chi connectivity index (χ2n) is 4.63. The second-order valence-corrected chi connectivity index (χ2v) is 4.63. The van der Waals surface area contributed by atoms with Gasteiger partial charge in [-0.1, -0.05) is 6.07 Å². The Labute approximate surface area is 107 Å². The van der Waals surface area contributed by atoms with Crippen LogP contribution in [0.25, 0.3) is 0 Å². The van der Waals surface area contributed by atoms with E-state index in [1.165, 1.54) is 6.07 Å².